The molecule has 1 saturated heterocycles. The average molecular weight is 364 g/mol. The van der Waals surface area contributed by atoms with Crippen LogP contribution >= 0.6 is 0 Å². The van der Waals surface area contributed by atoms with Crippen LogP contribution < -0.4 is 5.32 Å². The Kier molecular flexibility index (Phi) is 6.80. The highest BCUT2D eigenvalue weighted by Crippen LogP contribution is 2.16. The Balaban J connectivity index is 1.40. The summed E-state index contributed by atoms with van der Waals surface area (Å²) in [7, 11) is 0. The van der Waals surface area contributed by atoms with Crippen LogP contribution in [0.15, 0.2) is 54.6 Å². The zero-order valence-corrected chi connectivity index (χ0v) is 16.3. The van der Waals surface area contributed by atoms with Gasteiger partial charge in [0.25, 0.3) is 0 Å². The topological polar surface area (TPSA) is 35.6 Å². The number of amides is 1. The third-order valence-electron chi connectivity index (χ3n) is 4.97. The summed E-state index contributed by atoms with van der Waals surface area (Å²) in [6, 6.07) is 16.5. The fourth-order valence-electron chi connectivity index (χ4n) is 3.30. The highest BCUT2D eigenvalue weighted by Gasteiger charge is 2.18. The molecule has 0 radical (unpaired) electrons. The van der Waals surface area contributed by atoms with Crippen molar-refractivity contribution in [3.63, 3.8) is 0 Å². The molecule has 1 fully saturated rings. The first-order chi connectivity index (χ1) is 13.1. The van der Waals surface area contributed by atoms with E-state index < -0.39 is 0 Å². The van der Waals surface area contributed by atoms with Gasteiger partial charge in [0, 0.05) is 38.4 Å². The molecule has 0 saturated carbocycles. The molecule has 1 amide bonds. The molecule has 27 heavy (non-hydrogen) atoms. The molecular formula is C23H29N3O. The second-order valence-corrected chi connectivity index (χ2v) is 7.26. The smallest absolute Gasteiger partial charge is 0.238 e. The number of anilines is 1. The summed E-state index contributed by atoms with van der Waals surface area (Å²) in [4.78, 5) is 17.0. The van der Waals surface area contributed by atoms with Gasteiger partial charge in [-0.25, -0.2) is 0 Å². The number of rotatable bonds is 6. The maximum absolute atomic E-state index is 12.4. The Morgan fingerprint density at radius 1 is 1.00 bits per heavy atom. The van der Waals surface area contributed by atoms with Crippen molar-refractivity contribution in [2.75, 3.05) is 44.6 Å². The molecule has 142 valence electrons. The number of carbonyl (C=O) groups excluding carboxylic acids is 1. The van der Waals surface area contributed by atoms with E-state index in [4.69, 9.17) is 0 Å². The largest absolute Gasteiger partial charge is 0.325 e. The maximum atomic E-state index is 12.4. The lowest BCUT2D eigenvalue weighted by Gasteiger charge is -2.33. The van der Waals surface area contributed by atoms with Crippen molar-refractivity contribution in [2.24, 2.45) is 0 Å². The van der Waals surface area contributed by atoms with Crippen molar-refractivity contribution in [2.45, 2.75) is 13.8 Å². The Hall–Kier alpha value is -2.43. The number of benzene rings is 2. The van der Waals surface area contributed by atoms with Gasteiger partial charge in [0.05, 0.1) is 6.54 Å². The van der Waals surface area contributed by atoms with Gasteiger partial charge in [0.2, 0.25) is 5.91 Å². The number of carbonyl (C=O) groups is 1. The summed E-state index contributed by atoms with van der Waals surface area (Å²) in [6.45, 7) is 9.33. The molecule has 1 aliphatic rings. The highest BCUT2D eigenvalue weighted by molar-refractivity contribution is 5.93. The molecule has 0 spiro atoms. The molecule has 2 aromatic carbocycles. The minimum absolute atomic E-state index is 0.0705. The van der Waals surface area contributed by atoms with Crippen LogP contribution in [0.2, 0.25) is 0 Å². The van der Waals surface area contributed by atoms with Crippen LogP contribution in [0.5, 0.6) is 0 Å². The standard InChI is InChI=1S/C23H29N3O/c1-19-10-11-20(2)22(17-19)24-23(27)18-26-15-13-25(14-16-26)12-6-9-21-7-4-3-5-8-21/h3-11,17H,12-16,18H2,1-2H3,(H,24,27)/b9-6+. The predicted molar refractivity (Wildman–Crippen MR) is 113 cm³/mol. The molecule has 0 aromatic heterocycles. The fourth-order valence-corrected chi connectivity index (χ4v) is 3.30. The average Bonchev–Trinajstić information content (AvgIpc) is 2.67. The lowest BCUT2D eigenvalue weighted by Crippen LogP contribution is -2.48. The predicted octanol–water partition coefficient (Wildman–Crippen LogP) is 3.57. The fraction of sp³-hybridized carbons (Fsp3) is 0.348. The van der Waals surface area contributed by atoms with Crippen molar-refractivity contribution in [3.8, 4) is 0 Å². The van der Waals surface area contributed by atoms with E-state index in [1.54, 1.807) is 0 Å². The first kappa shape index (κ1) is 19.3. The number of piperazine rings is 1. The first-order valence-electron chi connectivity index (χ1n) is 9.63. The molecule has 2 aromatic rings. The summed E-state index contributed by atoms with van der Waals surface area (Å²) in [6.07, 6.45) is 4.39. The summed E-state index contributed by atoms with van der Waals surface area (Å²) >= 11 is 0. The molecule has 3 rings (SSSR count). The van der Waals surface area contributed by atoms with Gasteiger partial charge in [-0.2, -0.15) is 0 Å². The van der Waals surface area contributed by atoms with Crippen LogP contribution in [-0.2, 0) is 4.79 Å². The van der Waals surface area contributed by atoms with Crippen LogP contribution in [0.4, 0.5) is 5.69 Å². The van der Waals surface area contributed by atoms with Crippen molar-refractivity contribution in [3.05, 3.63) is 71.3 Å². The molecule has 4 nitrogen and oxygen atoms in total. The van der Waals surface area contributed by atoms with Crippen molar-refractivity contribution >= 4 is 17.7 Å². The van der Waals surface area contributed by atoms with Crippen LogP contribution in [0.25, 0.3) is 6.08 Å². The van der Waals surface area contributed by atoms with E-state index in [1.165, 1.54) is 5.56 Å². The number of aryl methyl sites for hydroxylation is 2. The van der Waals surface area contributed by atoms with Gasteiger partial charge in [0.15, 0.2) is 0 Å². The summed E-state index contributed by atoms with van der Waals surface area (Å²) in [5.41, 5.74) is 4.42. The Morgan fingerprint density at radius 2 is 1.70 bits per heavy atom. The number of hydrogen-bond acceptors (Lipinski definition) is 3. The third-order valence-corrected chi connectivity index (χ3v) is 4.97. The Labute approximate surface area is 162 Å². The summed E-state index contributed by atoms with van der Waals surface area (Å²) < 4.78 is 0. The van der Waals surface area contributed by atoms with Gasteiger partial charge < -0.3 is 5.32 Å². The van der Waals surface area contributed by atoms with Crippen LogP contribution in [0.1, 0.15) is 16.7 Å². The molecule has 0 atom stereocenters. The quantitative estimate of drug-likeness (QED) is 0.852. The van der Waals surface area contributed by atoms with Crippen LogP contribution in [0, 0.1) is 13.8 Å². The van der Waals surface area contributed by atoms with E-state index in [1.807, 2.05) is 32.0 Å². The Morgan fingerprint density at radius 3 is 2.44 bits per heavy atom. The Bertz CT molecular complexity index is 777. The van der Waals surface area contributed by atoms with Gasteiger partial charge in [-0.15, -0.1) is 0 Å². The zero-order chi connectivity index (χ0) is 19.1. The van der Waals surface area contributed by atoms with Crippen molar-refractivity contribution < 1.29 is 4.79 Å². The summed E-state index contributed by atoms with van der Waals surface area (Å²) in [5.74, 6) is 0.0705. The molecular weight excluding hydrogens is 334 g/mol. The van der Waals surface area contributed by atoms with Crippen LogP contribution in [-0.4, -0.2) is 55.0 Å². The molecule has 0 unspecified atom stereocenters. The molecule has 4 heteroatoms. The van der Waals surface area contributed by atoms with Crippen molar-refractivity contribution in [1.82, 2.24) is 9.80 Å². The molecule has 1 N–H and O–H groups in total. The van der Waals surface area contributed by atoms with E-state index in [2.05, 4.69) is 57.6 Å². The molecule has 1 aliphatic heterocycles. The lowest BCUT2D eigenvalue weighted by molar-refractivity contribution is -0.117. The van der Waals surface area contributed by atoms with Gasteiger partial charge in [-0.3, -0.25) is 14.6 Å². The highest BCUT2D eigenvalue weighted by atomic mass is 16.2. The maximum Gasteiger partial charge on any atom is 0.238 e. The molecule has 0 bridgehead atoms. The van der Waals surface area contributed by atoms with Crippen LogP contribution in [0.3, 0.4) is 0 Å². The van der Waals surface area contributed by atoms with E-state index in [9.17, 15) is 4.79 Å². The number of hydrogen-bond donors (Lipinski definition) is 1. The monoisotopic (exact) mass is 363 g/mol. The van der Waals surface area contributed by atoms with E-state index in [-0.39, 0.29) is 5.91 Å². The lowest BCUT2D eigenvalue weighted by atomic mass is 10.1. The minimum atomic E-state index is 0.0705. The second-order valence-electron chi connectivity index (χ2n) is 7.26. The van der Waals surface area contributed by atoms with Crippen molar-refractivity contribution in [1.29, 1.82) is 0 Å². The minimum Gasteiger partial charge on any atom is -0.325 e. The zero-order valence-electron chi connectivity index (χ0n) is 16.3. The molecule has 1 heterocycles. The SMILES string of the molecule is Cc1ccc(C)c(NC(=O)CN2CCN(C/C=C/c3ccccc3)CC2)c1. The van der Waals surface area contributed by atoms with E-state index in [0.29, 0.717) is 6.54 Å². The summed E-state index contributed by atoms with van der Waals surface area (Å²) in [5, 5.41) is 3.06. The first-order valence-corrected chi connectivity index (χ1v) is 9.63. The number of nitrogens with one attached hydrogen (secondary N) is 1. The van der Waals surface area contributed by atoms with Gasteiger partial charge in [0.1, 0.15) is 0 Å². The molecule has 0 aliphatic carbocycles. The second kappa shape index (κ2) is 9.49. The number of nitrogens with zero attached hydrogens (tertiary/aromatic N) is 2. The normalized spacial score (nSPS) is 15.9. The van der Waals surface area contributed by atoms with E-state index in [0.717, 1.165) is 49.5 Å². The van der Waals surface area contributed by atoms with Gasteiger partial charge in [-0.1, -0.05) is 54.6 Å². The van der Waals surface area contributed by atoms with Gasteiger partial charge in [-0.05, 0) is 36.6 Å². The van der Waals surface area contributed by atoms with Gasteiger partial charge >= 0.3 is 0 Å². The third kappa shape index (κ3) is 6.05. The van der Waals surface area contributed by atoms with E-state index >= 15 is 0 Å².